The molecule has 2 N–H and O–H groups in total. The van der Waals surface area contributed by atoms with Gasteiger partial charge in [-0.05, 0) is 24.6 Å². The van der Waals surface area contributed by atoms with Gasteiger partial charge in [-0.15, -0.1) is 0 Å². The van der Waals surface area contributed by atoms with Crippen LogP contribution in [0.5, 0.6) is 0 Å². The van der Waals surface area contributed by atoms with Gasteiger partial charge in [-0.1, -0.05) is 0 Å². The van der Waals surface area contributed by atoms with Gasteiger partial charge in [0.25, 0.3) is 5.91 Å². The number of hydrogen-bond donors (Lipinski definition) is 2. The third-order valence-electron chi connectivity index (χ3n) is 3.03. The van der Waals surface area contributed by atoms with Crippen molar-refractivity contribution >= 4 is 17.3 Å². The lowest BCUT2D eigenvalue weighted by atomic mass is 10.2. The van der Waals surface area contributed by atoms with Gasteiger partial charge >= 0.3 is 0 Å². The molecule has 23 heavy (non-hydrogen) atoms. The SMILES string of the molecule is COCCCNc1cncc(C(=O)Nc2ccc(F)c(F)c2)c1. The zero-order valence-electron chi connectivity index (χ0n) is 12.6. The van der Waals surface area contributed by atoms with Gasteiger partial charge in [0, 0.05) is 44.4 Å². The number of anilines is 2. The number of nitrogens with zero attached hydrogens (tertiary/aromatic N) is 1. The molecule has 0 unspecified atom stereocenters. The van der Waals surface area contributed by atoms with Crippen LogP contribution in [0.3, 0.4) is 0 Å². The Labute approximate surface area is 132 Å². The molecule has 7 heteroatoms. The Morgan fingerprint density at radius 2 is 2.00 bits per heavy atom. The average Bonchev–Trinajstić information content (AvgIpc) is 2.55. The number of ether oxygens (including phenoxy) is 1. The van der Waals surface area contributed by atoms with Crippen LogP contribution in [-0.2, 0) is 4.74 Å². The van der Waals surface area contributed by atoms with Crippen molar-refractivity contribution in [3.63, 3.8) is 0 Å². The van der Waals surface area contributed by atoms with E-state index in [1.807, 2.05) is 0 Å². The van der Waals surface area contributed by atoms with E-state index < -0.39 is 17.5 Å². The van der Waals surface area contributed by atoms with Crippen LogP contribution in [-0.4, -0.2) is 31.2 Å². The van der Waals surface area contributed by atoms with E-state index >= 15 is 0 Å². The van der Waals surface area contributed by atoms with Crippen molar-refractivity contribution in [1.29, 1.82) is 0 Å². The van der Waals surface area contributed by atoms with E-state index in [2.05, 4.69) is 15.6 Å². The van der Waals surface area contributed by atoms with Gasteiger partial charge in [-0.3, -0.25) is 9.78 Å². The summed E-state index contributed by atoms with van der Waals surface area (Å²) < 4.78 is 31.0. The summed E-state index contributed by atoms with van der Waals surface area (Å²) >= 11 is 0. The van der Waals surface area contributed by atoms with E-state index in [9.17, 15) is 13.6 Å². The number of aromatic nitrogens is 1. The first-order valence-electron chi connectivity index (χ1n) is 7.04. The molecule has 0 aliphatic rings. The van der Waals surface area contributed by atoms with Crippen molar-refractivity contribution in [2.24, 2.45) is 0 Å². The number of halogens is 2. The van der Waals surface area contributed by atoms with Gasteiger partial charge < -0.3 is 15.4 Å². The van der Waals surface area contributed by atoms with Crippen LogP contribution in [0.4, 0.5) is 20.2 Å². The fraction of sp³-hybridized carbons (Fsp3) is 0.250. The largest absolute Gasteiger partial charge is 0.385 e. The smallest absolute Gasteiger partial charge is 0.257 e. The molecule has 1 amide bonds. The summed E-state index contributed by atoms with van der Waals surface area (Å²) in [7, 11) is 1.63. The van der Waals surface area contributed by atoms with E-state index in [1.165, 1.54) is 12.3 Å². The molecular formula is C16H17F2N3O2. The van der Waals surface area contributed by atoms with Crippen molar-refractivity contribution in [2.75, 3.05) is 30.9 Å². The maximum absolute atomic E-state index is 13.1. The van der Waals surface area contributed by atoms with E-state index in [0.717, 1.165) is 18.6 Å². The number of pyridine rings is 1. The van der Waals surface area contributed by atoms with Crippen molar-refractivity contribution < 1.29 is 18.3 Å². The zero-order chi connectivity index (χ0) is 16.7. The quantitative estimate of drug-likeness (QED) is 0.769. The first-order valence-corrected chi connectivity index (χ1v) is 7.04. The predicted octanol–water partition coefficient (Wildman–Crippen LogP) is 3.06. The van der Waals surface area contributed by atoms with Gasteiger partial charge in [0.15, 0.2) is 11.6 Å². The Hall–Kier alpha value is -2.54. The molecule has 0 saturated heterocycles. The van der Waals surface area contributed by atoms with Crippen LogP contribution in [0, 0.1) is 11.6 Å². The zero-order valence-corrected chi connectivity index (χ0v) is 12.6. The standard InChI is InChI=1S/C16H17F2N3O2/c1-23-6-2-5-20-13-7-11(9-19-10-13)16(22)21-12-3-4-14(17)15(18)8-12/h3-4,7-10,20H,2,5-6H2,1H3,(H,21,22). The summed E-state index contributed by atoms with van der Waals surface area (Å²) in [5.74, 6) is -2.44. The fourth-order valence-electron chi connectivity index (χ4n) is 1.89. The predicted molar refractivity (Wildman–Crippen MR) is 83.5 cm³/mol. The molecule has 1 aromatic heterocycles. The lowest BCUT2D eigenvalue weighted by Gasteiger charge is -2.08. The summed E-state index contributed by atoms with van der Waals surface area (Å²) in [6, 6.07) is 4.80. The van der Waals surface area contributed by atoms with Crippen molar-refractivity contribution in [3.8, 4) is 0 Å². The second-order valence-electron chi connectivity index (χ2n) is 4.82. The number of nitrogens with one attached hydrogen (secondary N) is 2. The Bertz CT molecular complexity index is 680. The molecule has 1 heterocycles. The fourth-order valence-corrected chi connectivity index (χ4v) is 1.89. The van der Waals surface area contributed by atoms with Crippen LogP contribution in [0.2, 0.25) is 0 Å². The first kappa shape index (κ1) is 16.8. The molecule has 0 radical (unpaired) electrons. The number of hydrogen-bond acceptors (Lipinski definition) is 4. The van der Waals surface area contributed by atoms with Gasteiger partial charge in [0.2, 0.25) is 0 Å². The Kier molecular flexibility index (Phi) is 5.99. The molecule has 0 saturated carbocycles. The second kappa shape index (κ2) is 8.19. The number of carbonyl (C=O) groups excluding carboxylic acids is 1. The lowest BCUT2D eigenvalue weighted by Crippen LogP contribution is -2.13. The molecule has 0 atom stereocenters. The van der Waals surface area contributed by atoms with Gasteiger partial charge in [-0.25, -0.2) is 8.78 Å². The minimum absolute atomic E-state index is 0.173. The molecule has 1 aromatic carbocycles. The van der Waals surface area contributed by atoms with Crippen molar-refractivity contribution in [3.05, 3.63) is 53.9 Å². The van der Waals surface area contributed by atoms with Crippen molar-refractivity contribution in [2.45, 2.75) is 6.42 Å². The summed E-state index contributed by atoms with van der Waals surface area (Å²) in [5, 5.41) is 5.62. The number of rotatable bonds is 7. The van der Waals surface area contributed by atoms with Gasteiger partial charge in [-0.2, -0.15) is 0 Å². The number of benzene rings is 1. The van der Waals surface area contributed by atoms with Crippen LogP contribution in [0.15, 0.2) is 36.7 Å². The highest BCUT2D eigenvalue weighted by atomic mass is 19.2. The summed E-state index contributed by atoms with van der Waals surface area (Å²) in [5.41, 5.74) is 1.18. The second-order valence-corrected chi connectivity index (χ2v) is 4.82. The molecule has 0 spiro atoms. The number of carbonyl (C=O) groups is 1. The highest BCUT2D eigenvalue weighted by Gasteiger charge is 2.09. The van der Waals surface area contributed by atoms with Crippen LogP contribution < -0.4 is 10.6 Å². The van der Waals surface area contributed by atoms with E-state index in [0.29, 0.717) is 24.4 Å². The minimum Gasteiger partial charge on any atom is -0.385 e. The monoisotopic (exact) mass is 321 g/mol. The number of amides is 1. The highest BCUT2D eigenvalue weighted by molar-refractivity contribution is 6.04. The highest BCUT2D eigenvalue weighted by Crippen LogP contribution is 2.15. The van der Waals surface area contributed by atoms with Crippen molar-refractivity contribution in [1.82, 2.24) is 4.98 Å². The van der Waals surface area contributed by atoms with Crippen LogP contribution >= 0.6 is 0 Å². The van der Waals surface area contributed by atoms with Gasteiger partial charge in [0.05, 0.1) is 11.3 Å². The minimum atomic E-state index is -1.02. The van der Waals surface area contributed by atoms with Crippen LogP contribution in [0.1, 0.15) is 16.8 Å². The first-order chi connectivity index (χ1) is 11.1. The average molecular weight is 321 g/mol. The van der Waals surface area contributed by atoms with Crippen LogP contribution in [0.25, 0.3) is 0 Å². The molecule has 122 valence electrons. The topological polar surface area (TPSA) is 63.2 Å². The molecule has 0 bridgehead atoms. The summed E-state index contributed by atoms with van der Waals surface area (Å²) in [6.45, 7) is 1.32. The Balaban J connectivity index is 2.00. The Morgan fingerprint density at radius 1 is 1.17 bits per heavy atom. The third kappa shape index (κ3) is 5.00. The molecule has 2 rings (SSSR count). The van der Waals surface area contributed by atoms with E-state index in [4.69, 9.17) is 4.74 Å². The van der Waals surface area contributed by atoms with E-state index in [-0.39, 0.29) is 5.69 Å². The lowest BCUT2D eigenvalue weighted by molar-refractivity contribution is 0.102. The Morgan fingerprint density at radius 3 is 2.74 bits per heavy atom. The summed E-state index contributed by atoms with van der Waals surface area (Å²) in [4.78, 5) is 16.1. The third-order valence-corrected chi connectivity index (χ3v) is 3.03. The molecule has 0 fully saturated rings. The maximum atomic E-state index is 13.1. The van der Waals surface area contributed by atoms with Gasteiger partial charge in [0.1, 0.15) is 0 Å². The van der Waals surface area contributed by atoms with E-state index in [1.54, 1.807) is 19.4 Å². The normalized spacial score (nSPS) is 10.4. The molecular weight excluding hydrogens is 304 g/mol. The summed E-state index contributed by atoms with van der Waals surface area (Å²) in [6.07, 6.45) is 3.82. The molecule has 0 aliphatic heterocycles. The molecule has 2 aromatic rings. The molecule has 0 aliphatic carbocycles. The maximum Gasteiger partial charge on any atom is 0.257 e. The number of methoxy groups -OCH3 is 1. The molecule has 5 nitrogen and oxygen atoms in total.